The van der Waals surface area contributed by atoms with E-state index in [0.29, 0.717) is 18.0 Å². The Labute approximate surface area is 146 Å². The monoisotopic (exact) mass is 334 g/mol. The molecule has 0 unspecified atom stereocenters. The molecule has 6 nitrogen and oxygen atoms in total. The zero-order valence-corrected chi connectivity index (χ0v) is 14.1. The Bertz CT molecular complexity index is 846. The first kappa shape index (κ1) is 14.8. The molecular weight excluding hydrogens is 312 g/mol. The fourth-order valence-electron chi connectivity index (χ4n) is 3.96. The smallest absolute Gasteiger partial charge is 0.162 e. The maximum atomic E-state index is 4.57. The number of benzene rings is 1. The summed E-state index contributed by atoms with van der Waals surface area (Å²) < 4.78 is 4.30. The van der Waals surface area contributed by atoms with Crippen LogP contribution in [0, 0.1) is 0 Å². The SMILES string of the molecule is c1ccc([C@H]2C[C@@H]2n2ccnc2-c2cn(C3CCNCC3)nn2)cc1. The number of hydrogen-bond acceptors (Lipinski definition) is 4. The largest absolute Gasteiger partial charge is 0.326 e. The van der Waals surface area contributed by atoms with Gasteiger partial charge in [0.15, 0.2) is 5.82 Å². The van der Waals surface area contributed by atoms with Crippen LogP contribution in [0.4, 0.5) is 0 Å². The molecule has 5 rings (SSSR count). The van der Waals surface area contributed by atoms with Gasteiger partial charge in [-0.15, -0.1) is 5.10 Å². The molecule has 1 saturated carbocycles. The average Bonchev–Trinajstić information content (AvgIpc) is 3.08. The Morgan fingerprint density at radius 2 is 1.92 bits per heavy atom. The van der Waals surface area contributed by atoms with E-state index in [4.69, 9.17) is 0 Å². The number of imidazole rings is 1. The number of nitrogens with one attached hydrogen (secondary N) is 1. The van der Waals surface area contributed by atoms with Gasteiger partial charge >= 0.3 is 0 Å². The van der Waals surface area contributed by atoms with Gasteiger partial charge in [0, 0.05) is 24.4 Å². The highest BCUT2D eigenvalue weighted by Crippen LogP contribution is 2.52. The Balaban J connectivity index is 1.38. The number of hydrogen-bond donors (Lipinski definition) is 1. The van der Waals surface area contributed by atoms with Gasteiger partial charge in [0.05, 0.1) is 12.2 Å². The molecule has 0 spiro atoms. The quantitative estimate of drug-likeness (QED) is 0.797. The molecule has 2 atom stereocenters. The van der Waals surface area contributed by atoms with Crippen molar-refractivity contribution in [2.75, 3.05) is 13.1 Å². The maximum Gasteiger partial charge on any atom is 0.162 e. The van der Waals surface area contributed by atoms with Crippen LogP contribution in [0.15, 0.2) is 48.9 Å². The summed E-state index contributed by atoms with van der Waals surface area (Å²) in [6, 6.07) is 11.7. The predicted molar refractivity (Wildman–Crippen MR) is 95.2 cm³/mol. The van der Waals surface area contributed by atoms with Crippen molar-refractivity contribution in [1.82, 2.24) is 29.9 Å². The van der Waals surface area contributed by atoms with Crippen LogP contribution in [0.5, 0.6) is 0 Å². The zero-order valence-electron chi connectivity index (χ0n) is 14.1. The van der Waals surface area contributed by atoms with E-state index < -0.39 is 0 Å². The van der Waals surface area contributed by atoms with Crippen LogP contribution in [0.25, 0.3) is 11.5 Å². The number of aromatic nitrogens is 5. The Morgan fingerprint density at radius 3 is 2.76 bits per heavy atom. The lowest BCUT2D eigenvalue weighted by Crippen LogP contribution is -2.29. The summed E-state index contributed by atoms with van der Waals surface area (Å²) in [6.45, 7) is 2.10. The summed E-state index contributed by atoms with van der Waals surface area (Å²) in [5, 5.41) is 12.2. The van der Waals surface area contributed by atoms with Gasteiger partial charge in [-0.2, -0.15) is 0 Å². The van der Waals surface area contributed by atoms with E-state index in [1.165, 1.54) is 5.56 Å². The predicted octanol–water partition coefficient (Wildman–Crippen LogP) is 2.79. The van der Waals surface area contributed by atoms with E-state index in [0.717, 1.165) is 43.9 Å². The van der Waals surface area contributed by atoms with Crippen molar-refractivity contribution >= 4 is 0 Å². The van der Waals surface area contributed by atoms with Crippen LogP contribution in [-0.2, 0) is 0 Å². The standard InChI is InChI=1S/C19H22N6/c1-2-4-14(5-3-1)16-12-18(16)24-11-10-21-19(24)17-13-25(23-22-17)15-6-8-20-9-7-15/h1-5,10-11,13,15-16,18,20H,6-9,12H2/t16-,18+/m1/s1. The van der Waals surface area contributed by atoms with E-state index in [1.54, 1.807) is 0 Å². The van der Waals surface area contributed by atoms with E-state index in [1.807, 2.05) is 10.9 Å². The molecule has 0 bridgehead atoms. The summed E-state index contributed by atoms with van der Waals surface area (Å²) in [5.74, 6) is 1.51. The third-order valence-corrected chi connectivity index (χ3v) is 5.43. The normalized spacial score (nSPS) is 23.7. The second-order valence-electron chi connectivity index (χ2n) is 7.04. The number of nitrogens with zero attached hydrogens (tertiary/aromatic N) is 5. The summed E-state index contributed by atoms with van der Waals surface area (Å²) in [7, 11) is 0. The molecule has 2 fully saturated rings. The number of rotatable bonds is 4. The van der Waals surface area contributed by atoms with Crippen LogP contribution in [0.1, 0.15) is 42.8 Å². The molecule has 1 N–H and O–H groups in total. The van der Waals surface area contributed by atoms with E-state index in [9.17, 15) is 0 Å². The lowest BCUT2D eigenvalue weighted by atomic mass is 10.1. The summed E-state index contributed by atoms with van der Waals surface area (Å²) >= 11 is 0. The van der Waals surface area contributed by atoms with Crippen molar-refractivity contribution in [1.29, 1.82) is 0 Å². The maximum absolute atomic E-state index is 4.57. The Morgan fingerprint density at radius 1 is 1.08 bits per heavy atom. The van der Waals surface area contributed by atoms with Crippen molar-refractivity contribution < 1.29 is 0 Å². The van der Waals surface area contributed by atoms with Gasteiger partial charge in [0.1, 0.15) is 5.69 Å². The summed E-state index contributed by atoms with van der Waals surface area (Å²) in [4.78, 5) is 4.57. The second-order valence-corrected chi connectivity index (χ2v) is 7.04. The molecule has 1 aliphatic carbocycles. The Hall–Kier alpha value is -2.47. The van der Waals surface area contributed by atoms with Gasteiger partial charge in [-0.3, -0.25) is 0 Å². The van der Waals surface area contributed by atoms with Gasteiger partial charge in [-0.1, -0.05) is 35.5 Å². The highest BCUT2D eigenvalue weighted by Gasteiger charge is 2.41. The fourth-order valence-corrected chi connectivity index (χ4v) is 3.96. The minimum atomic E-state index is 0.448. The minimum absolute atomic E-state index is 0.448. The van der Waals surface area contributed by atoms with Gasteiger partial charge in [-0.05, 0) is 37.9 Å². The molecule has 1 aliphatic heterocycles. The first-order valence-corrected chi connectivity index (χ1v) is 9.11. The highest BCUT2D eigenvalue weighted by molar-refractivity contribution is 5.48. The molecule has 3 heterocycles. The molecule has 2 aliphatic rings. The first-order valence-electron chi connectivity index (χ1n) is 9.11. The molecule has 1 saturated heterocycles. The van der Waals surface area contributed by atoms with Gasteiger partial charge < -0.3 is 9.88 Å². The average molecular weight is 334 g/mol. The highest BCUT2D eigenvalue weighted by atomic mass is 15.4. The summed E-state index contributed by atoms with van der Waals surface area (Å²) in [5.41, 5.74) is 2.28. The van der Waals surface area contributed by atoms with E-state index in [2.05, 4.69) is 67.9 Å². The zero-order chi connectivity index (χ0) is 16.6. The third kappa shape index (κ3) is 2.76. The number of piperidine rings is 1. The fraction of sp³-hybridized carbons (Fsp3) is 0.421. The van der Waals surface area contributed by atoms with Crippen molar-refractivity contribution in [3.63, 3.8) is 0 Å². The van der Waals surface area contributed by atoms with E-state index in [-0.39, 0.29) is 0 Å². The summed E-state index contributed by atoms with van der Waals surface area (Å²) in [6.07, 6.45) is 9.39. The molecule has 0 amide bonds. The van der Waals surface area contributed by atoms with Crippen molar-refractivity contribution in [3.8, 4) is 11.5 Å². The van der Waals surface area contributed by atoms with E-state index >= 15 is 0 Å². The topological polar surface area (TPSA) is 60.6 Å². The minimum Gasteiger partial charge on any atom is -0.326 e. The molecule has 0 radical (unpaired) electrons. The van der Waals surface area contributed by atoms with Gasteiger partial charge in [0.2, 0.25) is 0 Å². The molecule has 1 aromatic carbocycles. The van der Waals surface area contributed by atoms with Crippen molar-refractivity contribution in [3.05, 3.63) is 54.5 Å². The first-order chi connectivity index (χ1) is 12.4. The van der Waals surface area contributed by atoms with Crippen LogP contribution >= 0.6 is 0 Å². The molecule has 2 aromatic heterocycles. The van der Waals surface area contributed by atoms with Crippen molar-refractivity contribution in [2.24, 2.45) is 0 Å². The molecule has 3 aromatic rings. The molecule has 25 heavy (non-hydrogen) atoms. The van der Waals surface area contributed by atoms with Gasteiger partial charge in [0.25, 0.3) is 0 Å². The van der Waals surface area contributed by atoms with Crippen LogP contribution in [0.3, 0.4) is 0 Å². The molecular formula is C19H22N6. The van der Waals surface area contributed by atoms with Crippen LogP contribution in [-0.4, -0.2) is 37.6 Å². The lowest BCUT2D eigenvalue weighted by molar-refractivity contribution is 0.337. The molecule has 6 heteroatoms. The van der Waals surface area contributed by atoms with Gasteiger partial charge in [-0.25, -0.2) is 9.67 Å². The van der Waals surface area contributed by atoms with Crippen LogP contribution < -0.4 is 5.32 Å². The molecule has 128 valence electrons. The second kappa shape index (κ2) is 6.11. The van der Waals surface area contributed by atoms with Crippen molar-refractivity contribution in [2.45, 2.75) is 37.3 Å². The van der Waals surface area contributed by atoms with Crippen LogP contribution in [0.2, 0.25) is 0 Å². The Kier molecular flexibility index (Phi) is 3.63. The third-order valence-electron chi connectivity index (χ3n) is 5.43. The lowest BCUT2D eigenvalue weighted by Gasteiger charge is -2.22.